The number of benzene rings is 1. The van der Waals surface area contributed by atoms with Gasteiger partial charge in [-0.2, -0.15) is 11.3 Å². The van der Waals surface area contributed by atoms with Crippen molar-refractivity contribution in [2.45, 2.75) is 25.9 Å². The Labute approximate surface area is 197 Å². The molecule has 0 unspecified atom stereocenters. The number of aromatic hydroxyl groups is 1. The van der Waals surface area contributed by atoms with Crippen LogP contribution in [0, 0.1) is 0 Å². The highest BCUT2D eigenvalue weighted by molar-refractivity contribution is 7.08. The average Bonchev–Trinajstić information content (AvgIpc) is 3.21. The number of esters is 1. The van der Waals surface area contributed by atoms with E-state index < -0.39 is 30.4 Å². The molecule has 1 aromatic heterocycles. The number of amides is 2. The van der Waals surface area contributed by atoms with Gasteiger partial charge in [0.2, 0.25) is 5.91 Å². The van der Waals surface area contributed by atoms with Crippen LogP contribution in [0.15, 0.2) is 28.0 Å². The lowest BCUT2D eigenvalue weighted by molar-refractivity contribution is -0.143. The summed E-state index contributed by atoms with van der Waals surface area (Å²) in [7, 11) is 0. The van der Waals surface area contributed by atoms with Gasteiger partial charge in [-0.25, -0.2) is 0 Å². The van der Waals surface area contributed by atoms with Gasteiger partial charge in [0, 0.05) is 20.9 Å². The third-order valence-electron chi connectivity index (χ3n) is 4.14. The van der Waals surface area contributed by atoms with Crippen LogP contribution in [0.4, 0.5) is 0 Å². The van der Waals surface area contributed by atoms with Crippen molar-refractivity contribution in [3.8, 4) is 5.75 Å². The molecule has 0 fully saturated rings. The van der Waals surface area contributed by atoms with Crippen LogP contribution in [0.3, 0.4) is 0 Å². The first-order chi connectivity index (χ1) is 15.3. The summed E-state index contributed by atoms with van der Waals surface area (Å²) in [4.78, 5) is 39.5. The Morgan fingerprint density at radius 1 is 1.31 bits per heavy atom. The summed E-state index contributed by atoms with van der Waals surface area (Å²) in [5.41, 5.74) is 9.39. The first-order valence-corrected chi connectivity index (χ1v) is 10.9. The van der Waals surface area contributed by atoms with Crippen molar-refractivity contribution >= 4 is 52.3 Å². The van der Waals surface area contributed by atoms with Crippen LogP contribution in [-0.2, 0) is 20.9 Å². The molecule has 0 bridgehead atoms. The number of azide groups is 1. The molecule has 0 aliphatic rings. The Morgan fingerprint density at radius 3 is 2.75 bits per heavy atom. The van der Waals surface area contributed by atoms with E-state index in [2.05, 4.69) is 20.7 Å². The van der Waals surface area contributed by atoms with Crippen LogP contribution in [-0.4, -0.2) is 36.0 Å². The molecule has 2 aromatic rings. The molecule has 13 heteroatoms. The molecule has 1 aromatic carbocycles. The van der Waals surface area contributed by atoms with Crippen LogP contribution in [0.25, 0.3) is 10.4 Å². The number of rotatable bonds is 10. The van der Waals surface area contributed by atoms with Crippen LogP contribution in [0.5, 0.6) is 5.75 Å². The van der Waals surface area contributed by atoms with Crippen molar-refractivity contribution in [2.75, 3.05) is 13.2 Å². The van der Waals surface area contributed by atoms with E-state index in [1.807, 2.05) is 0 Å². The summed E-state index contributed by atoms with van der Waals surface area (Å²) in [6.07, 6.45) is -0.293. The fourth-order valence-corrected chi connectivity index (χ4v) is 4.07. The number of nitrogens with zero attached hydrogens (tertiary/aromatic N) is 3. The minimum Gasteiger partial charge on any atom is -0.506 e. The van der Waals surface area contributed by atoms with Crippen molar-refractivity contribution in [1.82, 2.24) is 10.6 Å². The van der Waals surface area contributed by atoms with Crippen molar-refractivity contribution in [2.24, 2.45) is 5.11 Å². The molecule has 170 valence electrons. The molecule has 0 aliphatic heterocycles. The zero-order valence-electron chi connectivity index (χ0n) is 16.8. The second-order valence-corrected chi connectivity index (χ2v) is 7.92. The third-order valence-corrected chi connectivity index (χ3v) is 5.44. The lowest BCUT2D eigenvalue weighted by Gasteiger charge is -2.20. The molecule has 3 N–H and O–H groups in total. The standard InChI is InChI=1S/C19H19Cl2N5O5S/c1-2-31-17(28)5-15(12-3-11(20)4-14(21)18(12)29)25-16(27)7-23-19(30)13-9-32-8-10(13)6-24-26-22/h3-4,8-9,15,29H,2,5-7H2,1H3,(H,23,30)(H,25,27)/t15-/m0/s1. The largest absolute Gasteiger partial charge is 0.506 e. The molecule has 0 aliphatic carbocycles. The zero-order valence-corrected chi connectivity index (χ0v) is 19.1. The number of halogens is 2. The van der Waals surface area contributed by atoms with Gasteiger partial charge in [0.25, 0.3) is 5.91 Å². The molecule has 0 saturated carbocycles. The quantitative estimate of drug-likeness (QED) is 0.194. The van der Waals surface area contributed by atoms with E-state index in [4.69, 9.17) is 33.5 Å². The van der Waals surface area contributed by atoms with E-state index in [-0.39, 0.29) is 46.5 Å². The van der Waals surface area contributed by atoms with E-state index in [0.29, 0.717) is 5.56 Å². The molecule has 0 radical (unpaired) electrons. The maximum Gasteiger partial charge on any atom is 0.308 e. The van der Waals surface area contributed by atoms with Gasteiger partial charge in [0.15, 0.2) is 0 Å². The second kappa shape index (κ2) is 12.2. The summed E-state index contributed by atoms with van der Waals surface area (Å²) in [6.45, 7) is 1.36. The highest BCUT2D eigenvalue weighted by atomic mass is 35.5. The number of carbonyl (C=O) groups excluding carboxylic acids is 3. The number of hydrogen-bond donors (Lipinski definition) is 3. The van der Waals surface area contributed by atoms with Crippen LogP contribution >= 0.6 is 34.5 Å². The Hall–Kier alpha value is -2.98. The molecule has 32 heavy (non-hydrogen) atoms. The van der Waals surface area contributed by atoms with Gasteiger partial charge in [0.1, 0.15) is 5.75 Å². The molecule has 1 atom stereocenters. The number of nitrogens with one attached hydrogen (secondary N) is 2. The molecule has 10 nitrogen and oxygen atoms in total. The first kappa shape index (κ1) is 25.3. The van der Waals surface area contributed by atoms with Crippen molar-refractivity contribution < 1.29 is 24.2 Å². The maximum atomic E-state index is 12.5. The van der Waals surface area contributed by atoms with E-state index in [1.165, 1.54) is 23.5 Å². The highest BCUT2D eigenvalue weighted by Gasteiger charge is 2.24. The molecule has 0 saturated heterocycles. The summed E-state index contributed by atoms with van der Waals surface area (Å²) in [5.74, 6) is -2.11. The van der Waals surface area contributed by atoms with E-state index in [9.17, 15) is 19.5 Å². The Bertz CT molecular complexity index is 1050. The SMILES string of the molecule is CCOC(=O)C[C@H](NC(=O)CNC(=O)c1cscc1CN=[N+]=[N-])c1cc(Cl)cc(Cl)c1O. The molecule has 2 amide bonds. The van der Waals surface area contributed by atoms with Gasteiger partial charge in [-0.05, 0) is 35.5 Å². The van der Waals surface area contributed by atoms with Gasteiger partial charge < -0.3 is 20.5 Å². The number of phenolic OH excluding ortho intramolecular Hbond substituents is 1. The topological polar surface area (TPSA) is 153 Å². The summed E-state index contributed by atoms with van der Waals surface area (Å²) in [6, 6.07) is 1.69. The van der Waals surface area contributed by atoms with Gasteiger partial charge in [-0.3, -0.25) is 14.4 Å². The lowest BCUT2D eigenvalue weighted by Crippen LogP contribution is -2.39. The van der Waals surface area contributed by atoms with Crippen LogP contribution < -0.4 is 10.6 Å². The van der Waals surface area contributed by atoms with Gasteiger partial charge in [-0.1, -0.05) is 28.3 Å². The maximum absolute atomic E-state index is 12.5. The average molecular weight is 500 g/mol. The number of carbonyl (C=O) groups is 3. The third kappa shape index (κ3) is 7.03. The van der Waals surface area contributed by atoms with E-state index >= 15 is 0 Å². The monoisotopic (exact) mass is 499 g/mol. The molecular weight excluding hydrogens is 481 g/mol. The Morgan fingerprint density at radius 2 is 2.06 bits per heavy atom. The number of hydrogen-bond acceptors (Lipinski definition) is 7. The minimum absolute atomic E-state index is 0.00532. The normalized spacial score (nSPS) is 11.2. The predicted molar refractivity (Wildman–Crippen MR) is 120 cm³/mol. The number of thiophene rings is 1. The van der Waals surface area contributed by atoms with Crippen molar-refractivity contribution in [3.63, 3.8) is 0 Å². The van der Waals surface area contributed by atoms with E-state index in [0.717, 1.165) is 0 Å². The fourth-order valence-electron chi connectivity index (χ4n) is 2.73. The minimum atomic E-state index is -1.00. The molecule has 0 spiro atoms. The Kier molecular flexibility index (Phi) is 9.61. The van der Waals surface area contributed by atoms with Crippen molar-refractivity contribution in [3.05, 3.63) is 60.1 Å². The fraction of sp³-hybridized carbons (Fsp3) is 0.316. The molecule has 2 rings (SSSR count). The first-order valence-electron chi connectivity index (χ1n) is 9.23. The molecular formula is C19H19Cl2N5O5S. The predicted octanol–water partition coefficient (Wildman–Crippen LogP) is 4.11. The highest BCUT2D eigenvalue weighted by Crippen LogP contribution is 2.36. The van der Waals surface area contributed by atoms with E-state index in [1.54, 1.807) is 17.7 Å². The lowest BCUT2D eigenvalue weighted by atomic mass is 10.0. The van der Waals surface area contributed by atoms with Gasteiger partial charge in [-0.15, -0.1) is 0 Å². The van der Waals surface area contributed by atoms with Gasteiger partial charge >= 0.3 is 5.97 Å². The van der Waals surface area contributed by atoms with Crippen LogP contribution in [0.2, 0.25) is 10.0 Å². The summed E-state index contributed by atoms with van der Waals surface area (Å²) < 4.78 is 4.93. The summed E-state index contributed by atoms with van der Waals surface area (Å²) >= 11 is 13.2. The van der Waals surface area contributed by atoms with Crippen LogP contribution in [0.1, 0.15) is 40.9 Å². The van der Waals surface area contributed by atoms with Crippen molar-refractivity contribution in [1.29, 1.82) is 0 Å². The summed E-state index contributed by atoms with van der Waals surface area (Å²) in [5, 5.41) is 22.2. The zero-order chi connectivity index (χ0) is 23.7. The number of phenols is 1. The number of ether oxygens (including phenoxy) is 1. The smallest absolute Gasteiger partial charge is 0.308 e. The molecule has 1 heterocycles. The second-order valence-electron chi connectivity index (χ2n) is 6.34. The Balaban J connectivity index is 2.11. The van der Waals surface area contributed by atoms with Gasteiger partial charge in [0.05, 0.1) is 42.7 Å².